The third-order valence-electron chi connectivity index (χ3n) is 2.37. The van der Waals surface area contributed by atoms with Crippen LogP contribution >= 0.6 is 0 Å². The maximum absolute atomic E-state index is 11.3. The third-order valence-corrected chi connectivity index (χ3v) is 2.37. The monoisotopic (exact) mass is 236 g/mol. The Labute approximate surface area is 103 Å². The number of unbranched alkanes of at least 4 members (excludes halogenated alkanes) is 1. The van der Waals surface area contributed by atoms with Crippen molar-refractivity contribution in [2.45, 2.75) is 39.4 Å². The van der Waals surface area contributed by atoms with Gasteiger partial charge in [0.05, 0.1) is 6.61 Å². The highest BCUT2D eigenvalue weighted by molar-refractivity contribution is 5.69. The maximum Gasteiger partial charge on any atom is 0.308 e. The summed E-state index contributed by atoms with van der Waals surface area (Å²) in [4.78, 5) is 11.3. The Morgan fingerprint density at radius 2 is 1.94 bits per heavy atom. The van der Waals surface area contributed by atoms with Crippen molar-refractivity contribution < 1.29 is 14.3 Å². The molecule has 0 radical (unpaired) electrons. The van der Waals surface area contributed by atoms with Crippen molar-refractivity contribution in [1.29, 1.82) is 0 Å². The number of esters is 1. The van der Waals surface area contributed by atoms with Gasteiger partial charge in [-0.25, -0.2) is 0 Å². The van der Waals surface area contributed by atoms with E-state index in [0.717, 1.165) is 18.4 Å². The molecule has 1 aromatic carbocycles. The molecule has 0 N–H and O–H groups in total. The number of carbonyl (C=O) groups excluding carboxylic acids is 1. The van der Waals surface area contributed by atoms with Crippen molar-refractivity contribution >= 4 is 5.97 Å². The van der Waals surface area contributed by atoms with Gasteiger partial charge in [-0.1, -0.05) is 50.6 Å². The van der Waals surface area contributed by atoms with Crippen LogP contribution in [0.4, 0.5) is 0 Å². The molecule has 0 fully saturated rings. The Hall–Kier alpha value is -1.35. The average Bonchev–Trinajstić information content (AvgIpc) is 2.38. The van der Waals surface area contributed by atoms with E-state index in [2.05, 4.69) is 6.92 Å². The Morgan fingerprint density at radius 1 is 1.24 bits per heavy atom. The third kappa shape index (κ3) is 5.00. The summed E-state index contributed by atoms with van der Waals surface area (Å²) in [7, 11) is 0. The lowest BCUT2D eigenvalue weighted by Gasteiger charge is -2.18. The molecule has 0 aliphatic heterocycles. The fourth-order valence-electron chi connectivity index (χ4n) is 1.35. The number of hydrogen-bond donors (Lipinski definition) is 0. The van der Waals surface area contributed by atoms with Gasteiger partial charge in [-0.15, -0.1) is 0 Å². The van der Waals surface area contributed by atoms with Gasteiger partial charge in [0.25, 0.3) is 0 Å². The van der Waals surface area contributed by atoms with Gasteiger partial charge in [0.1, 0.15) is 0 Å². The fraction of sp³-hybridized carbons (Fsp3) is 0.500. The summed E-state index contributed by atoms with van der Waals surface area (Å²) >= 11 is 0. The summed E-state index contributed by atoms with van der Waals surface area (Å²) < 4.78 is 10.9. The zero-order valence-corrected chi connectivity index (χ0v) is 10.5. The molecule has 0 bridgehead atoms. The van der Waals surface area contributed by atoms with E-state index in [1.165, 1.54) is 0 Å². The van der Waals surface area contributed by atoms with Gasteiger partial charge in [0, 0.05) is 12.0 Å². The second-order valence-corrected chi connectivity index (χ2v) is 3.81. The molecule has 0 aromatic heterocycles. The SMILES string of the molecule is CCCCOC(OC(=O)CC)c1ccccc1. The summed E-state index contributed by atoms with van der Waals surface area (Å²) in [6.45, 7) is 4.47. The molecular formula is C14H20O3. The van der Waals surface area contributed by atoms with Gasteiger partial charge < -0.3 is 9.47 Å². The number of hydrogen-bond acceptors (Lipinski definition) is 3. The van der Waals surface area contributed by atoms with Crippen LogP contribution in [0.5, 0.6) is 0 Å². The summed E-state index contributed by atoms with van der Waals surface area (Å²) in [6.07, 6.45) is 1.81. The largest absolute Gasteiger partial charge is 0.431 e. The Kier molecular flexibility index (Phi) is 6.33. The number of benzene rings is 1. The van der Waals surface area contributed by atoms with E-state index in [-0.39, 0.29) is 5.97 Å². The van der Waals surface area contributed by atoms with Crippen LogP contribution in [0, 0.1) is 0 Å². The lowest BCUT2D eigenvalue weighted by molar-refractivity contribution is -0.180. The zero-order valence-electron chi connectivity index (χ0n) is 10.5. The van der Waals surface area contributed by atoms with Gasteiger partial charge in [-0.05, 0) is 6.42 Å². The maximum atomic E-state index is 11.3. The molecule has 3 heteroatoms. The van der Waals surface area contributed by atoms with Crippen molar-refractivity contribution in [2.24, 2.45) is 0 Å². The van der Waals surface area contributed by atoms with Crippen LogP contribution in [0.3, 0.4) is 0 Å². The number of carbonyl (C=O) groups is 1. The normalized spacial score (nSPS) is 12.1. The smallest absolute Gasteiger partial charge is 0.308 e. The predicted molar refractivity (Wildman–Crippen MR) is 66.4 cm³/mol. The Bertz CT molecular complexity index is 321. The van der Waals surface area contributed by atoms with Gasteiger partial charge in [-0.3, -0.25) is 4.79 Å². The van der Waals surface area contributed by atoms with Crippen LogP contribution in [0.2, 0.25) is 0 Å². The van der Waals surface area contributed by atoms with E-state index in [1.54, 1.807) is 6.92 Å². The lowest BCUT2D eigenvalue weighted by atomic mass is 10.2. The first-order chi connectivity index (χ1) is 8.27. The van der Waals surface area contributed by atoms with Crippen LogP contribution in [0.15, 0.2) is 30.3 Å². The zero-order chi connectivity index (χ0) is 12.5. The van der Waals surface area contributed by atoms with Gasteiger partial charge in [0.15, 0.2) is 0 Å². The van der Waals surface area contributed by atoms with Gasteiger partial charge in [-0.2, -0.15) is 0 Å². The fourth-order valence-corrected chi connectivity index (χ4v) is 1.35. The molecular weight excluding hydrogens is 216 g/mol. The van der Waals surface area contributed by atoms with Crippen molar-refractivity contribution in [2.75, 3.05) is 6.61 Å². The highest BCUT2D eigenvalue weighted by atomic mass is 16.7. The molecule has 1 unspecified atom stereocenters. The Morgan fingerprint density at radius 3 is 2.53 bits per heavy atom. The first kappa shape index (κ1) is 13.7. The van der Waals surface area contributed by atoms with Crippen molar-refractivity contribution in [3.05, 3.63) is 35.9 Å². The highest BCUT2D eigenvalue weighted by Gasteiger charge is 2.15. The van der Waals surface area contributed by atoms with E-state index < -0.39 is 6.29 Å². The first-order valence-electron chi connectivity index (χ1n) is 6.14. The highest BCUT2D eigenvalue weighted by Crippen LogP contribution is 2.19. The van der Waals surface area contributed by atoms with E-state index in [9.17, 15) is 4.79 Å². The molecule has 0 saturated heterocycles. The number of rotatable bonds is 7. The van der Waals surface area contributed by atoms with Crippen LogP contribution in [0.1, 0.15) is 45.0 Å². The summed E-state index contributed by atoms with van der Waals surface area (Å²) in [5, 5.41) is 0. The van der Waals surface area contributed by atoms with E-state index in [4.69, 9.17) is 9.47 Å². The Balaban J connectivity index is 2.61. The minimum atomic E-state index is -0.574. The van der Waals surface area contributed by atoms with Crippen LogP contribution < -0.4 is 0 Å². The summed E-state index contributed by atoms with van der Waals surface area (Å²) in [5.41, 5.74) is 0.880. The second-order valence-electron chi connectivity index (χ2n) is 3.81. The second kappa shape index (κ2) is 7.85. The first-order valence-corrected chi connectivity index (χ1v) is 6.14. The van der Waals surface area contributed by atoms with Gasteiger partial charge >= 0.3 is 5.97 Å². The topological polar surface area (TPSA) is 35.5 Å². The lowest BCUT2D eigenvalue weighted by Crippen LogP contribution is -2.14. The summed E-state index contributed by atoms with van der Waals surface area (Å²) in [5.74, 6) is -0.240. The predicted octanol–water partition coefficient (Wildman–Crippen LogP) is 3.46. The summed E-state index contributed by atoms with van der Waals surface area (Å²) in [6, 6.07) is 9.55. The standard InChI is InChI=1S/C14H20O3/c1-3-5-11-16-14(17-13(15)4-2)12-9-7-6-8-10-12/h6-10,14H,3-5,11H2,1-2H3. The minimum absolute atomic E-state index is 0.240. The quantitative estimate of drug-likeness (QED) is 0.413. The van der Waals surface area contributed by atoms with Crippen LogP contribution in [0.25, 0.3) is 0 Å². The van der Waals surface area contributed by atoms with E-state index >= 15 is 0 Å². The van der Waals surface area contributed by atoms with Gasteiger partial charge in [0.2, 0.25) is 6.29 Å². The van der Waals surface area contributed by atoms with Crippen molar-refractivity contribution in [3.8, 4) is 0 Å². The number of ether oxygens (including phenoxy) is 2. The average molecular weight is 236 g/mol. The molecule has 0 saturated carbocycles. The molecule has 0 heterocycles. The van der Waals surface area contributed by atoms with Crippen molar-refractivity contribution in [1.82, 2.24) is 0 Å². The molecule has 0 aliphatic rings. The van der Waals surface area contributed by atoms with E-state index in [0.29, 0.717) is 13.0 Å². The molecule has 1 aromatic rings. The molecule has 17 heavy (non-hydrogen) atoms. The van der Waals surface area contributed by atoms with Crippen molar-refractivity contribution in [3.63, 3.8) is 0 Å². The van der Waals surface area contributed by atoms with Crippen LogP contribution in [-0.2, 0) is 14.3 Å². The van der Waals surface area contributed by atoms with Crippen LogP contribution in [-0.4, -0.2) is 12.6 Å². The molecule has 0 amide bonds. The molecule has 0 spiro atoms. The molecule has 1 atom stereocenters. The molecule has 1 rings (SSSR count). The van der Waals surface area contributed by atoms with E-state index in [1.807, 2.05) is 30.3 Å². The molecule has 94 valence electrons. The molecule has 0 aliphatic carbocycles. The minimum Gasteiger partial charge on any atom is -0.431 e. The molecule has 3 nitrogen and oxygen atoms in total.